The Morgan fingerprint density at radius 2 is 1.76 bits per heavy atom. The first-order valence-electron chi connectivity index (χ1n) is 13.7. The molecule has 6 nitrogen and oxygen atoms in total. The molecule has 6 heteroatoms. The van der Waals surface area contributed by atoms with Gasteiger partial charge >= 0.3 is 0 Å². The van der Waals surface area contributed by atoms with Crippen LogP contribution in [0, 0.1) is 5.92 Å². The van der Waals surface area contributed by atoms with Crippen molar-refractivity contribution in [3.63, 3.8) is 0 Å². The maximum absolute atomic E-state index is 14.1. The summed E-state index contributed by atoms with van der Waals surface area (Å²) < 4.78 is 16.6. The van der Waals surface area contributed by atoms with E-state index < -0.39 is 0 Å². The maximum Gasteiger partial charge on any atom is 0.254 e. The zero-order valence-electron chi connectivity index (χ0n) is 23.3. The number of methoxy groups -OCH3 is 3. The third-order valence-corrected chi connectivity index (χ3v) is 7.65. The highest BCUT2D eigenvalue weighted by Crippen LogP contribution is 2.38. The lowest BCUT2D eigenvalue weighted by molar-refractivity contribution is 0.0712. The van der Waals surface area contributed by atoms with Gasteiger partial charge in [-0.25, -0.2) is 0 Å². The number of ether oxygens (including phenoxy) is 3. The molecule has 38 heavy (non-hydrogen) atoms. The molecule has 2 aromatic carbocycles. The van der Waals surface area contributed by atoms with Gasteiger partial charge in [0.05, 0.1) is 21.3 Å². The predicted octanol–water partition coefficient (Wildman–Crippen LogP) is 6.08. The van der Waals surface area contributed by atoms with Crippen LogP contribution in [0.5, 0.6) is 17.2 Å². The number of hydrogen-bond donors (Lipinski definition) is 0. The standard InChI is InChI=1S/C32H42N2O4/c1-24(18-25-12-7-5-8-13-25)21-34(23-28-16-11-17-33(28)22-26-14-9-6-10-15-26)32(35)27-19-29(36-2)31(38-4)30(20-27)37-3/h5-9,12-13,18-20,26,28H,10-11,14-17,21-23H2,1-4H3/b24-18+. The summed E-state index contributed by atoms with van der Waals surface area (Å²) in [6.45, 7) is 5.57. The summed E-state index contributed by atoms with van der Waals surface area (Å²) in [7, 11) is 4.72. The summed E-state index contributed by atoms with van der Waals surface area (Å²) in [4.78, 5) is 18.7. The van der Waals surface area contributed by atoms with Crippen molar-refractivity contribution in [2.45, 2.75) is 45.1 Å². The van der Waals surface area contributed by atoms with E-state index in [2.05, 4.69) is 42.2 Å². The van der Waals surface area contributed by atoms with E-state index in [0.717, 1.165) is 37.1 Å². The molecule has 4 rings (SSSR count). The average molecular weight is 519 g/mol. The molecule has 204 valence electrons. The number of nitrogens with zero attached hydrogens (tertiary/aromatic N) is 2. The van der Waals surface area contributed by atoms with Crippen LogP contribution < -0.4 is 14.2 Å². The van der Waals surface area contributed by atoms with Gasteiger partial charge in [0.15, 0.2) is 11.5 Å². The highest BCUT2D eigenvalue weighted by molar-refractivity contribution is 5.96. The second-order valence-electron chi connectivity index (χ2n) is 10.4. The number of likely N-dealkylation sites (tertiary alicyclic amines) is 1. The van der Waals surface area contributed by atoms with Crippen LogP contribution in [-0.4, -0.2) is 69.3 Å². The minimum absolute atomic E-state index is 0.0301. The monoisotopic (exact) mass is 518 g/mol. The van der Waals surface area contributed by atoms with Gasteiger partial charge < -0.3 is 19.1 Å². The van der Waals surface area contributed by atoms with E-state index in [-0.39, 0.29) is 5.91 Å². The van der Waals surface area contributed by atoms with Crippen LogP contribution in [0.15, 0.2) is 60.2 Å². The summed E-state index contributed by atoms with van der Waals surface area (Å²) >= 11 is 0. The molecule has 0 spiro atoms. The van der Waals surface area contributed by atoms with E-state index in [1.165, 1.54) is 19.3 Å². The molecule has 1 fully saturated rings. The molecule has 1 aliphatic carbocycles. The van der Waals surface area contributed by atoms with Gasteiger partial charge in [-0.3, -0.25) is 9.69 Å². The Bertz CT molecular complexity index is 1100. The molecule has 0 N–H and O–H groups in total. The van der Waals surface area contributed by atoms with E-state index in [0.29, 0.717) is 47.9 Å². The molecular formula is C32H42N2O4. The predicted molar refractivity (Wildman–Crippen MR) is 153 cm³/mol. The highest BCUT2D eigenvalue weighted by atomic mass is 16.5. The zero-order valence-corrected chi connectivity index (χ0v) is 23.3. The average Bonchev–Trinajstić information content (AvgIpc) is 3.38. The molecule has 2 unspecified atom stereocenters. The van der Waals surface area contributed by atoms with Crippen molar-refractivity contribution in [3.8, 4) is 17.2 Å². The second-order valence-corrected chi connectivity index (χ2v) is 10.4. The maximum atomic E-state index is 14.1. The lowest BCUT2D eigenvalue weighted by atomic mass is 9.93. The molecule has 1 aliphatic heterocycles. The first kappa shape index (κ1) is 27.8. The third-order valence-electron chi connectivity index (χ3n) is 7.65. The van der Waals surface area contributed by atoms with Crippen LogP contribution in [0.1, 0.15) is 54.9 Å². The number of allylic oxidation sites excluding steroid dienone is 2. The van der Waals surface area contributed by atoms with Crippen molar-refractivity contribution in [3.05, 3.63) is 71.3 Å². The summed E-state index contributed by atoms with van der Waals surface area (Å²) in [6, 6.07) is 14.1. The van der Waals surface area contributed by atoms with Gasteiger partial charge in [-0.1, -0.05) is 54.1 Å². The number of carbonyl (C=O) groups is 1. The largest absolute Gasteiger partial charge is 0.493 e. The van der Waals surface area contributed by atoms with E-state index in [9.17, 15) is 4.79 Å². The molecule has 2 aliphatic rings. The fourth-order valence-electron chi connectivity index (χ4n) is 5.74. The molecule has 0 bridgehead atoms. The first-order valence-corrected chi connectivity index (χ1v) is 13.7. The molecule has 1 heterocycles. The van der Waals surface area contributed by atoms with E-state index in [1.54, 1.807) is 33.5 Å². The third kappa shape index (κ3) is 6.98. The van der Waals surface area contributed by atoms with Crippen LogP contribution in [0.25, 0.3) is 6.08 Å². The van der Waals surface area contributed by atoms with Crippen molar-refractivity contribution in [1.82, 2.24) is 9.80 Å². The van der Waals surface area contributed by atoms with Crippen LogP contribution in [0.3, 0.4) is 0 Å². The van der Waals surface area contributed by atoms with E-state index in [4.69, 9.17) is 14.2 Å². The molecule has 2 aromatic rings. The molecule has 0 radical (unpaired) electrons. The SMILES string of the molecule is COc1cc(C(=O)N(C/C(C)=C/c2ccccc2)CC2CCCN2CC2CC=CCC2)cc(OC)c1OC. The van der Waals surface area contributed by atoms with Crippen molar-refractivity contribution in [1.29, 1.82) is 0 Å². The van der Waals surface area contributed by atoms with E-state index in [1.807, 2.05) is 23.1 Å². The summed E-state index contributed by atoms with van der Waals surface area (Å²) in [5.41, 5.74) is 2.81. The molecule has 0 aromatic heterocycles. The van der Waals surface area contributed by atoms with Crippen LogP contribution in [-0.2, 0) is 0 Å². The summed E-state index contributed by atoms with van der Waals surface area (Å²) in [6.07, 6.45) is 12.7. The highest BCUT2D eigenvalue weighted by Gasteiger charge is 2.31. The number of benzene rings is 2. The van der Waals surface area contributed by atoms with Gasteiger partial charge in [-0.05, 0) is 69.2 Å². The van der Waals surface area contributed by atoms with Crippen LogP contribution >= 0.6 is 0 Å². The first-order chi connectivity index (χ1) is 18.5. The fraction of sp³-hybridized carbons (Fsp3) is 0.469. The van der Waals surface area contributed by atoms with Gasteiger partial charge in [-0.2, -0.15) is 0 Å². The summed E-state index contributed by atoms with van der Waals surface area (Å²) in [5, 5.41) is 0. The normalized spacial score (nSPS) is 19.8. The molecule has 1 saturated heterocycles. The van der Waals surface area contributed by atoms with Gasteiger partial charge in [0.1, 0.15) is 0 Å². The van der Waals surface area contributed by atoms with Gasteiger partial charge in [-0.15, -0.1) is 0 Å². The Morgan fingerprint density at radius 1 is 1.03 bits per heavy atom. The lowest BCUT2D eigenvalue weighted by Gasteiger charge is -2.34. The molecule has 2 atom stereocenters. The number of amides is 1. The van der Waals surface area contributed by atoms with E-state index >= 15 is 0 Å². The van der Waals surface area contributed by atoms with Gasteiger partial charge in [0.2, 0.25) is 5.75 Å². The minimum atomic E-state index is -0.0301. The Morgan fingerprint density at radius 3 is 2.39 bits per heavy atom. The van der Waals surface area contributed by atoms with Crippen molar-refractivity contribution >= 4 is 12.0 Å². The van der Waals surface area contributed by atoms with Crippen molar-refractivity contribution in [2.24, 2.45) is 5.92 Å². The molecule has 1 amide bonds. The molecule has 0 saturated carbocycles. The Balaban J connectivity index is 1.59. The Kier molecular flexibility index (Phi) is 9.88. The zero-order chi connectivity index (χ0) is 26.9. The van der Waals surface area contributed by atoms with Gasteiger partial charge in [0.25, 0.3) is 5.91 Å². The van der Waals surface area contributed by atoms with Crippen molar-refractivity contribution in [2.75, 3.05) is 47.5 Å². The Labute approximate surface area is 227 Å². The van der Waals surface area contributed by atoms with Crippen LogP contribution in [0.2, 0.25) is 0 Å². The topological polar surface area (TPSA) is 51.2 Å². The number of rotatable bonds is 11. The molecular weight excluding hydrogens is 476 g/mol. The second kappa shape index (κ2) is 13.5. The van der Waals surface area contributed by atoms with Crippen LogP contribution in [0.4, 0.5) is 0 Å². The number of hydrogen-bond acceptors (Lipinski definition) is 5. The van der Waals surface area contributed by atoms with Crippen molar-refractivity contribution < 1.29 is 19.0 Å². The quantitative estimate of drug-likeness (QED) is 0.338. The summed E-state index contributed by atoms with van der Waals surface area (Å²) in [5.74, 6) is 2.14. The fourth-order valence-corrected chi connectivity index (χ4v) is 5.74. The smallest absolute Gasteiger partial charge is 0.254 e. The van der Waals surface area contributed by atoms with Gasteiger partial charge in [0, 0.05) is 31.2 Å². The Hall–Kier alpha value is -3.25. The lowest BCUT2D eigenvalue weighted by Crippen LogP contribution is -2.45. The number of carbonyl (C=O) groups excluding carboxylic acids is 1. The minimum Gasteiger partial charge on any atom is -0.493 e.